The molecule has 0 aromatic heterocycles. The molecule has 0 bridgehead atoms. The van der Waals surface area contributed by atoms with Gasteiger partial charge in [-0.1, -0.05) is 0 Å². The molecule has 7 nitrogen and oxygen atoms in total. The fourth-order valence-corrected chi connectivity index (χ4v) is 3.25. The van der Waals surface area contributed by atoms with Crippen LogP contribution >= 0.6 is 0 Å². The van der Waals surface area contributed by atoms with Crippen LogP contribution in [-0.2, 0) is 14.3 Å². The standard InChI is InChI=1S/C18H24F2N4O3/c1-23(12-3-4-12)15(9-21)18(26)22-11-2-5-14(13(8-11)17(19)20)24-6-7-27-10-16(24)25/h2,5,8,12,15,17H,3-4,6-7,9-10,21H2,1H3,(H,22,26)/t15-/m0/s1. The summed E-state index contributed by atoms with van der Waals surface area (Å²) in [5, 5.41) is 2.67. The first-order valence-electron chi connectivity index (χ1n) is 8.95. The number of carbonyl (C=O) groups is 2. The van der Waals surface area contributed by atoms with Crippen LogP contribution in [0.2, 0.25) is 0 Å². The molecule has 1 saturated heterocycles. The van der Waals surface area contributed by atoms with Crippen molar-refractivity contribution < 1.29 is 23.1 Å². The molecule has 1 aromatic rings. The van der Waals surface area contributed by atoms with Gasteiger partial charge in [0.1, 0.15) is 12.6 Å². The third kappa shape index (κ3) is 4.42. The Labute approximate surface area is 156 Å². The Morgan fingerprint density at radius 2 is 2.19 bits per heavy atom. The maximum Gasteiger partial charge on any atom is 0.265 e. The second kappa shape index (κ2) is 8.28. The van der Waals surface area contributed by atoms with Gasteiger partial charge in [-0.05, 0) is 38.1 Å². The van der Waals surface area contributed by atoms with Gasteiger partial charge in [0.25, 0.3) is 12.3 Å². The van der Waals surface area contributed by atoms with E-state index in [1.165, 1.54) is 23.1 Å². The fraction of sp³-hybridized carbons (Fsp3) is 0.556. The third-order valence-corrected chi connectivity index (χ3v) is 4.95. The van der Waals surface area contributed by atoms with Crippen LogP contribution in [0.4, 0.5) is 20.2 Å². The molecule has 1 heterocycles. The van der Waals surface area contributed by atoms with E-state index in [2.05, 4.69) is 5.32 Å². The zero-order valence-corrected chi connectivity index (χ0v) is 15.2. The average Bonchev–Trinajstić information content (AvgIpc) is 3.48. The molecule has 9 heteroatoms. The van der Waals surface area contributed by atoms with Gasteiger partial charge in [-0.3, -0.25) is 14.5 Å². The molecule has 0 spiro atoms. The average molecular weight is 382 g/mol. The molecule has 3 rings (SSSR count). The maximum absolute atomic E-state index is 13.6. The van der Waals surface area contributed by atoms with Crippen molar-refractivity contribution in [3.8, 4) is 0 Å². The van der Waals surface area contributed by atoms with Crippen LogP contribution in [0.1, 0.15) is 24.8 Å². The number of halogens is 2. The number of likely N-dealkylation sites (N-methyl/N-ethyl adjacent to an activating group) is 1. The molecule has 2 amide bonds. The van der Waals surface area contributed by atoms with Gasteiger partial charge in [0.15, 0.2) is 0 Å². The fourth-order valence-electron chi connectivity index (χ4n) is 3.25. The van der Waals surface area contributed by atoms with E-state index in [4.69, 9.17) is 10.5 Å². The summed E-state index contributed by atoms with van der Waals surface area (Å²) in [5.74, 6) is -0.698. The van der Waals surface area contributed by atoms with E-state index in [1.807, 2.05) is 11.9 Å². The lowest BCUT2D eigenvalue weighted by molar-refractivity contribution is -0.125. The van der Waals surface area contributed by atoms with Crippen molar-refractivity contribution in [1.29, 1.82) is 0 Å². The Morgan fingerprint density at radius 3 is 2.78 bits per heavy atom. The molecule has 3 N–H and O–H groups in total. The van der Waals surface area contributed by atoms with Crippen LogP contribution in [0.15, 0.2) is 18.2 Å². The van der Waals surface area contributed by atoms with E-state index in [0.717, 1.165) is 12.8 Å². The number of nitrogens with zero attached hydrogens (tertiary/aromatic N) is 2. The van der Waals surface area contributed by atoms with Crippen LogP contribution < -0.4 is 16.0 Å². The lowest BCUT2D eigenvalue weighted by Crippen LogP contribution is -2.47. The highest BCUT2D eigenvalue weighted by molar-refractivity contribution is 5.97. The van der Waals surface area contributed by atoms with Crippen LogP contribution in [0.5, 0.6) is 0 Å². The van der Waals surface area contributed by atoms with Gasteiger partial charge in [0.2, 0.25) is 5.91 Å². The maximum atomic E-state index is 13.6. The molecule has 0 unspecified atom stereocenters. The number of hydrogen-bond acceptors (Lipinski definition) is 5. The summed E-state index contributed by atoms with van der Waals surface area (Å²) < 4.78 is 32.2. The topological polar surface area (TPSA) is 87.9 Å². The monoisotopic (exact) mass is 382 g/mol. The molecule has 2 aliphatic rings. The quantitative estimate of drug-likeness (QED) is 0.743. The Balaban J connectivity index is 1.79. The Kier molecular flexibility index (Phi) is 6.03. The highest BCUT2D eigenvalue weighted by atomic mass is 19.3. The summed E-state index contributed by atoms with van der Waals surface area (Å²) in [6, 6.07) is 3.99. The number of carbonyl (C=O) groups excluding carboxylic acids is 2. The first kappa shape index (κ1) is 19.7. The lowest BCUT2D eigenvalue weighted by Gasteiger charge is -2.29. The summed E-state index contributed by atoms with van der Waals surface area (Å²) in [6.45, 7) is 0.512. The third-order valence-electron chi connectivity index (χ3n) is 4.95. The van der Waals surface area contributed by atoms with Gasteiger partial charge in [-0.25, -0.2) is 8.78 Å². The van der Waals surface area contributed by atoms with E-state index >= 15 is 0 Å². The van der Waals surface area contributed by atoms with Crippen molar-refractivity contribution in [3.05, 3.63) is 23.8 Å². The van der Waals surface area contributed by atoms with Crippen LogP contribution in [-0.4, -0.2) is 62.1 Å². The SMILES string of the molecule is CN(C1CC1)[C@@H](CN)C(=O)Nc1ccc(N2CCOCC2=O)c(C(F)F)c1. The van der Waals surface area contributed by atoms with Crippen LogP contribution in [0.3, 0.4) is 0 Å². The van der Waals surface area contributed by atoms with Gasteiger partial charge in [0.05, 0.1) is 12.3 Å². The van der Waals surface area contributed by atoms with Crippen molar-refractivity contribution in [2.24, 2.45) is 5.73 Å². The second-order valence-corrected chi connectivity index (χ2v) is 6.81. The summed E-state index contributed by atoms with van der Waals surface area (Å²) in [6.07, 6.45) is -0.733. The van der Waals surface area contributed by atoms with Crippen LogP contribution in [0, 0.1) is 0 Å². The predicted octanol–water partition coefficient (Wildman–Crippen LogP) is 1.35. The van der Waals surface area contributed by atoms with E-state index in [1.54, 1.807) is 0 Å². The van der Waals surface area contributed by atoms with E-state index in [9.17, 15) is 18.4 Å². The zero-order valence-electron chi connectivity index (χ0n) is 15.2. The molecule has 1 aromatic carbocycles. The number of amides is 2. The van der Waals surface area contributed by atoms with Crippen molar-refractivity contribution in [2.45, 2.75) is 31.4 Å². The molecule has 0 radical (unpaired) electrons. The highest BCUT2D eigenvalue weighted by Crippen LogP contribution is 2.33. The number of anilines is 2. The van der Waals surface area contributed by atoms with Gasteiger partial charge < -0.3 is 20.7 Å². The van der Waals surface area contributed by atoms with Gasteiger partial charge in [-0.2, -0.15) is 0 Å². The Bertz CT molecular complexity index is 712. The number of alkyl halides is 2. The minimum Gasteiger partial charge on any atom is -0.370 e. The summed E-state index contributed by atoms with van der Waals surface area (Å²) in [5.41, 5.74) is 5.82. The van der Waals surface area contributed by atoms with Gasteiger partial charge in [-0.15, -0.1) is 0 Å². The van der Waals surface area contributed by atoms with Crippen LogP contribution in [0.25, 0.3) is 0 Å². The van der Waals surface area contributed by atoms with Crippen molar-refractivity contribution in [2.75, 3.05) is 43.6 Å². The number of hydrogen-bond donors (Lipinski definition) is 2. The molecule has 1 aliphatic carbocycles. The van der Waals surface area contributed by atoms with E-state index in [0.29, 0.717) is 12.6 Å². The number of ether oxygens (including phenoxy) is 1. The number of nitrogens with two attached hydrogens (primary N) is 1. The van der Waals surface area contributed by atoms with Crippen molar-refractivity contribution in [3.63, 3.8) is 0 Å². The van der Waals surface area contributed by atoms with E-state index < -0.39 is 12.5 Å². The first-order chi connectivity index (χ1) is 12.9. The number of morpholine rings is 1. The minimum absolute atomic E-state index is 0.132. The minimum atomic E-state index is -2.79. The molecule has 2 fully saturated rings. The number of nitrogens with one attached hydrogen (secondary N) is 1. The Morgan fingerprint density at radius 1 is 1.44 bits per heavy atom. The molecule has 1 aliphatic heterocycles. The van der Waals surface area contributed by atoms with Crippen molar-refractivity contribution >= 4 is 23.2 Å². The first-order valence-corrected chi connectivity index (χ1v) is 8.95. The predicted molar refractivity (Wildman–Crippen MR) is 96.8 cm³/mol. The molecule has 1 atom stereocenters. The number of rotatable bonds is 7. The molecule has 1 saturated carbocycles. The number of benzene rings is 1. The highest BCUT2D eigenvalue weighted by Gasteiger charge is 2.34. The second-order valence-electron chi connectivity index (χ2n) is 6.81. The summed E-state index contributed by atoms with van der Waals surface area (Å²) in [7, 11) is 1.84. The largest absolute Gasteiger partial charge is 0.370 e. The molecular formula is C18H24F2N4O3. The van der Waals surface area contributed by atoms with Crippen molar-refractivity contribution in [1.82, 2.24) is 4.90 Å². The summed E-state index contributed by atoms with van der Waals surface area (Å²) in [4.78, 5) is 27.7. The van der Waals surface area contributed by atoms with Gasteiger partial charge in [0, 0.05) is 30.4 Å². The molecule has 27 heavy (non-hydrogen) atoms. The lowest BCUT2D eigenvalue weighted by atomic mass is 10.1. The Hall–Kier alpha value is -2.10. The molecule has 148 valence electrons. The summed E-state index contributed by atoms with van der Waals surface area (Å²) >= 11 is 0. The van der Waals surface area contributed by atoms with Gasteiger partial charge >= 0.3 is 0 Å². The van der Waals surface area contributed by atoms with E-state index in [-0.39, 0.29) is 48.4 Å². The zero-order chi connectivity index (χ0) is 19.6. The molecular weight excluding hydrogens is 358 g/mol. The smallest absolute Gasteiger partial charge is 0.265 e. The normalized spacial score (nSPS) is 18.9.